The molecule has 0 aliphatic heterocycles. The van der Waals surface area contributed by atoms with Crippen LogP contribution in [0.2, 0.25) is 0 Å². The van der Waals surface area contributed by atoms with Gasteiger partial charge in [0.25, 0.3) is 0 Å². The summed E-state index contributed by atoms with van der Waals surface area (Å²) in [6.45, 7) is 1.99. The van der Waals surface area contributed by atoms with E-state index in [-0.39, 0.29) is 0 Å². The molecule has 0 spiro atoms. The van der Waals surface area contributed by atoms with E-state index in [0.29, 0.717) is 0 Å². The number of hydrogen-bond acceptors (Lipinski definition) is 2. The van der Waals surface area contributed by atoms with Crippen LogP contribution in [0.3, 0.4) is 0 Å². The molecule has 2 nitrogen and oxygen atoms in total. The largest absolute Gasteiger partial charge is 0.493 e. The van der Waals surface area contributed by atoms with Crippen molar-refractivity contribution < 1.29 is 4.74 Å². The van der Waals surface area contributed by atoms with Crippen LogP contribution in [0.1, 0.15) is 24.8 Å². The maximum Gasteiger partial charge on any atom is 0.122 e. The van der Waals surface area contributed by atoms with Gasteiger partial charge in [-0.3, -0.25) is 0 Å². The third-order valence-electron chi connectivity index (χ3n) is 4.39. The van der Waals surface area contributed by atoms with Gasteiger partial charge in [-0.15, -0.1) is 0 Å². The Morgan fingerprint density at radius 2 is 1.78 bits per heavy atom. The molecule has 1 saturated carbocycles. The molecule has 0 unspecified atom stereocenters. The lowest BCUT2D eigenvalue weighted by Gasteiger charge is -2.15. The fourth-order valence-corrected chi connectivity index (χ4v) is 2.80. The number of ether oxygens (including phenoxy) is 1. The summed E-state index contributed by atoms with van der Waals surface area (Å²) >= 11 is 0. The molecule has 0 heterocycles. The van der Waals surface area contributed by atoms with Crippen LogP contribution in [-0.2, 0) is 6.42 Å². The zero-order valence-corrected chi connectivity index (χ0v) is 14.3. The van der Waals surface area contributed by atoms with Crippen molar-refractivity contribution in [1.29, 1.82) is 0 Å². The van der Waals surface area contributed by atoms with Crippen molar-refractivity contribution in [2.24, 2.45) is 5.92 Å². The third kappa shape index (κ3) is 4.84. The van der Waals surface area contributed by atoms with Crippen LogP contribution in [-0.4, -0.2) is 32.1 Å². The summed E-state index contributed by atoms with van der Waals surface area (Å²) in [5.74, 6) is 1.87. The summed E-state index contributed by atoms with van der Waals surface area (Å²) in [6.07, 6.45) is 4.89. The molecule has 1 aliphatic carbocycles. The van der Waals surface area contributed by atoms with E-state index in [4.69, 9.17) is 4.74 Å². The van der Waals surface area contributed by atoms with Crippen molar-refractivity contribution in [2.45, 2.75) is 25.7 Å². The van der Waals surface area contributed by atoms with Gasteiger partial charge in [-0.1, -0.05) is 36.4 Å². The predicted molar refractivity (Wildman–Crippen MR) is 97.0 cm³/mol. The normalized spacial score (nSPS) is 14.2. The number of nitrogens with zero attached hydrogens (tertiary/aromatic N) is 1. The Morgan fingerprint density at radius 3 is 2.48 bits per heavy atom. The van der Waals surface area contributed by atoms with Gasteiger partial charge in [-0.2, -0.15) is 0 Å². The SMILES string of the molecule is CN(C)CCCc1cc(-c2ccccc2)ccc1OCC1CC1. The smallest absolute Gasteiger partial charge is 0.122 e. The highest BCUT2D eigenvalue weighted by molar-refractivity contribution is 5.65. The molecule has 0 N–H and O–H groups in total. The molecule has 0 bridgehead atoms. The first-order chi connectivity index (χ1) is 11.2. The van der Waals surface area contributed by atoms with Crippen LogP contribution >= 0.6 is 0 Å². The molecule has 1 fully saturated rings. The molecule has 2 aromatic rings. The first kappa shape index (κ1) is 16.1. The molecule has 2 heteroatoms. The van der Waals surface area contributed by atoms with Crippen LogP contribution in [0.15, 0.2) is 48.5 Å². The molecule has 0 atom stereocenters. The van der Waals surface area contributed by atoms with E-state index in [2.05, 4.69) is 67.5 Å². The minimum absolute atomic E-state index is 0.790. The molecular formula is C21H27NO. The van der Waals surface area contributed by atoms with Crippen molar-refractivity contribution in [1.82, 2.24) is 4.90 Å². The lowest BCUT2D eigenvalue weighted by Crippen LogP contribution is -2.13. The quantitative estimate of drug-likeness (QED) is 0.704. The first-order valence-electron chi connectivity index (χ1n) is 8.68. The molecular weight excluding hydrogens is 282 g/mol. The fraction of sp³-hybridized carbons (Fsp3) is 0.429. The van der Waals surface area contributed by atoms with E-state index >= 15 is 0 Å². The van der Waals surface area contributed by atoms with Gasteiger partial charge in [0.15, 0.2) is 0 Å². The average Bonchev–Trinajstić information content (AvgIpc) is 3.38. The lowest BCUT2D eigenvalue weighted by atomic mass is 10.00. The van der Waals surface area contributed by atoms with E-state index in [1.807, 2.05) is 0 Å². The van der Waals surface area contributed by atoms with Crippen molar-refractivity contribution >= 4 is 0 Å². The molecule has 1 aliphatic rings. The van der Waals surface area contributed by atoms with Gasteiger partial charge < -0.3 is 9.64 Å². The summed E-state index contributed by atoms with van der Waals surface area (Å²) in [7, 11) is 4.26. The summed E-state index contributed by atoms with van der Waals surface area (Å²) in [5.41, 5.74) is 3.90. The Morgan fingerprint density at radius 1 is 1.00 bits per heavy atom. The second-order valence-corrected chi connectivity index (χ2v) is 6.85. The second-order valence-electron chi connectivity index (χ2n) is 6.85. The van der Waals surface area contributed by atoms with Crippen molar-refractivity contribution in [3.05, 3.63) is 54.1 Å². The minimum Gasteiger partial charge on any atom is -0.493 e. The van der Waals surface area contributed by atoms with Gasteiger partial charge in [0, 0.05) is 0 Å². The number of aryl methyl sites for hydroxylation is 1. The summed E-state index contributed by atoms with van der Waals surface area (Å²) < 4.78 is 6.10. The standard InChI is InChI=1S/C21H27NO/c1-22(2)14-6-9-20-15-19(18-7-4-3-5-8-18)12-13-21(20)23-16-17-10-11-17/h3-5,7-8,12-13,15,17H,6,9-11,14,16H2,1-2H3. The van der Waals surface area contributed by atoms with Gasteiger partial charge in [-0.25, -0.2) is 0 Å². The summed E-state index contributed by atoms with van der Waals surface area (Å²) in [4.78, 5) is 2.24. The van der Waals surface area contributed by atoms with Gasteiger partial charge in [-0.05, 0) is 81.1 Å². The monoisotopic (exact) mass is 309 g/mol. The summed E-state index contributed by atoms with van der Waals surface area (Å²) in [5, 5.41) is 0. The van der Waals surface area contributed by atoms with E-state index in [0.717, 1.165) is 37.7 Å². The Kier molecular flexibility index (Phi) is 5.35. The molecule has 0 radical (unpaired) electrons. The molecule has 3 rings (SSSR count). The predicted octanol–water partition coefficient (Wildman–Crippen LogP) is 4.64. The van der Waals surface area contributed by atoms with Gasteiger partial charge in [0.05, 0.1) is 6.61 Å². The first-order valence-corrected chi connectivity index (χ1v) is 8.68. The molecule has 0 saturated heterocycles. The van der Waals surface area contributed by atoms with E-state index in [1.165, 1.54) is 29.5 Å². The minimum atomic E-state index is 0.790. The summed E-state index contributed by atoms with van der Waals surface area (Å²) in [6, 6.07) is 17.3. The Bertz CT molecular complexity index is 617. The maximum atomic E-state index is 6.10. The van der Waals surface area contributed by atoms with Gasteiger partial charge in [0.2, 0.25) is 0 Å². The van der Waals surface area contributed by atoms with Crippen LogP contribution < -0.4 is 4.74 Å². The van der Waals surface area contributed by atoms with Crippen LogP contribution in [0.25, 0.3) is 11.1 Å². The van der Waals surface area contributed by atoms with Crippen molar-refractivity contribution in [2.75, 3.05) is 27.2 Å². The molecule has 0 aromatic heterocycles. The zero-order valence-electron chi connectivity index (χ0n) is 14.3. The van der Waals surface area contributed by atoms with E-state index in [1.54, 1.807) is 0 Å². The number of rotatable bonds is 8. The average molecular weight is 309 g/mol. The van der Waals surface area contributed by atoms with E-state index < -0.39 is 0 Å². The lowest BCUT2D eigenvalue weighted by molar-refractivity contribution is 0.296. The highest BCUT2D eigenvalue weighted by Crippen LogP contribution is 2.32. The van der Waals surface area contributed by atoms with Gasteiger partial charge >= 0.3 is 0 Å². The molecule has 2 aromatic carbocycles. The second kappa shape index (κ2) is 7.65. The highest BCUT2D eigenvalue weighted by Gasteiger charge is 2.22. The van der Waals surface area contributed by atoms with Crippen molar-refractivity contribution in [3.8, 4) is 16.9 Å². The maximum absolute atomic E-state index is 6.10. The molecule has 122 valence electrons. The number of hydrogen-bond donors (Lipinski definition) is 0. The Balaban J connectivity index is 1.77. The topological polar surface area (TPSA) is 12.5 Å². The molecule has 23 heavy (non-hydrogen) atoms. The fourth-order valence-electron chi connectivity index (χ4n) is 2.80. The number of benzene rings is 2. The van der Waals surface area contributed by atoms with E-state index in [9.17, 15) is 0 Å². The Hall–Kier alpha value is -1.80. The zero-order chi connectivity index (χ0) is 16.1. The molecule has 0 amide bonds. The van der Waals surface area contributed by atoms with Crippen molar-refractivity contribution in [3.63, 3.8) is 0 Å². The van der Waals surface area contributed by atoms with Crippen LogP contribution in [0.4, 0.5) is 0 Å². The van der Waals surface area contributed by atoms with Crippen LogP contribution in [0, 0.1) is 5.92 Å². The van der Waals surface area contributed by atoms with Gasteiger partial charge in [0.1, 0.15) is 5.75 Å². The Labute approximate surface area is 140 Å². The third-order valence-corrected chi connectivity index (χ3v) is 4.39. The highest BCUT2D eigenvalue weighted by atomic mass is 16.5. The van der Waals surface area contributed by atoms with Crippen LogP contribution in [0.5, 0.6) is 5.75 Å².